The third-order valence-corrected chi connectivity index (χ3v) is 8.22. The normalized spacial score (nSPS) is 19.9. The number of thiophene rings is 1. The predicted octanol–water partition coefficient (Wildman–Crippen LogP) is 4.37. The van der Waals surface area contributed by atoms with Crippen LogP contribution in [0.5, 0.6) is 0 Å². The zero-order valence-electron chi connectivity index (χ0n) is 20.2. The van der Waals surface area contributed by atoms with E-state index in [9.17, 15) is 4.79 Å². The number of amides is 1. The smallest absolute Gasteiger partial charge is 0.227 e. The topological polar surface area (TPSA) is 54.9 Å². The van der Waals surface area contributed by atoms with Crippen LogP contribution in [0.2, 0.25) is 0 Å². The summed E-state index contributed by atoms with van der Waals surface area (Å²) in [5, 5.41) is 5.29. The highest BCUT2D eigenvalue weighted by Gasteiger charge is 2.26. The average molecular weight is 492 g/mol. The second-order valence-electron chi connectivity index (χ2n) is 9.96. The molecule has 0 saturated carbocycles. The molecule has 2 aromatic heterocycles. The molecule has 1 aliphatic carbocycles. The van der Waals surface area contributed by atoms with Gasteiger partial charge < -0.3 is 19.3 Å². The van der Waals surface area contributed by atoms with Crippen LogP contribution in [0.25, 0.3) is 10.9 Å². The molecule has 1 amide bonds. The number of carbonyl (C=O) groups excluding carboxylic acids is 1. The molecule has 2 aliphatic heterocycles. The first kappa shape index (κ1) is 23.0. The highest BCUT2D eigenvalue weighted by molar-refractivity contribution is 7.08. The van der Waals surface area contributed by atoms with Gasteiger partial charge in [-0.2, -0.15) is 11.3 Å². The van der Waals surface area contributed by atoms with Crippen molar-refractivity contribution in [3.8, 4) is 0 Å². The van der Waals surface area contributed by atoms with E-state index < -0.39 is 0 Å². The number of benzene rings is 1. The van der Waals surface area contributed by atoms with Crippen LogP contribution < -0.4 is 4.90 Å². The summed E-state index contributed by atoms with van der Waals surface area (Å²) in [5.41, 5.74) is 6.16. The lowest BCUT2D eigenvalue weighted by molar-refractivity contribution is -0.132. The summed E-state index contributed by atoms with van der Waals surface area (Å²) in [6, 6.07) is 8.95. The molecule has 1 atom stereocenters. The van der Waals surface area contributed by atoms with Crippen LogP contribution in [0.3, 0.4) is 0 Å². The number of ether oxygens (including phenoxy) is 2. The van der Waals surface area contributed by atoms with E-state index in [2.05, 4.69) is 28.5 Å². The van der Waals surface area contributed by atoms with Gasteiger partial charge in [-0.3, -0.25) is 4.79 Å². The number of anilines is 1. The standard InChI is InChI=1S/C28H33N3O3S/c32-27(13-20-6-12-35-19-20)31(18-25-5-2-9-34-25)17-24-15-23-14-21-3-1-4-22(21)16-26(23)29-28(24)30-7-10-33-11-8-30/h6,12,14-16,19,25H,1-5,7-11,13,17-18H2/t25-/m1/s1. The Hall–Kier alpha value is -2.48. The zero-order chi connectivity index (χ0) is 23.6. The highest BCUT2D eigenvalue weighted by atomic mass is 32.1. The molecule has 4 heterocycles. The minimum Gasteiger partial charge on any atom is -0.378 e. The number of hydrogen-bond donors (Lipinski definition) is 0. The number of aryl methyl sites for hydroxylation is 2. The number of carbonyl (C=O) groups is 1. The molecule has 6 nitrogen and oxygen atoms in total. The Balaban J connectivity index is 1.36. The van der Waals surface area contributed by atoms with Crippen LogP contribution in [0, 0.1) is 0 Å². The molecule has 35 heavy (non-hydrogen) atoms. The fourth-order valence-electron chi connectivity index (χ4n) is 5.62. The van der Waals surface area contributed by atoms with Crippen LogP contribution in [0.15, 0.2) is 35.0 Å². The molecule has 184 valence electrons. The summed E-state index contributed by atoms with van der Waals surface area (Å²) < 4.78 is 11.6. The maximum absolute atomic E-state index is 13.5. The molecule has 0 radical (unpaired) electrons. The molecule has 0 spiro atoms. The van der Waals surface area contributed by atoms with E-state index in [0.29, 0.717) is 32.7 Å². The Morgan fingerprint density at radius 2 is 1.97 bits per heavy atom. The number of hydrogen-bond acceptors (Lipinski definition) is 6. The van der Waals surface area contributed by atoms with Crippen LogP contribution in [-0.4, -0.2) is 61.3 Å². The van der Waals surface area contributed by atoms with Crippen molar-refractivity contribution in [3.63, 3.8) is 0 Å². The number of morpholine rings is 1. The van der Waals surface area contributed by atoms with Gasteiger partial charge in [0.15, 0.2) is 0 Å². The molecule has 0 N–H and O–H groups in total. The van der Waals surface area contributed by atoms with E-state index in [-0.39, 0.29) is 12.0 Å². The number of pyridine rings is 1. The number of rotatable bonds is 7. The van der Waals surface area contributed by atoms with Crippen molar-refractivity contribution in [2.24, 2.45) is 0 Å². The summed E-state index contributed by atoms with van der Waals surface area (Å²) in [4.78, 5) is 23.1. The summed E-state index contributed by atoms with van der Waals surface area (Å²) in [7, 11) is 0. The molecular formula is C28H33N3O3S. The molecule has 3 aliphatic rings. The molecule has 7 heteroatoms. The van der Waals surface area contributed by atoms with E-state index in [1.807, 2.05) is 16.3 Å². The maximum atomic E-state index is 13.5. The lowest BCUT2D eigenvalue weighted by Crippen LogP contribution is -2.40. The Morgan fingerprint density at radius 1 is 1.11 bits per heavy atom. The van der Waals surface area contributed by atoms with Gasteiger partial charge >= 0.3 is 0 Å². The molecule has 2 saturated heterocycles. The monoisotopic (exact) mass is 491 g/mol. The molecule has 1 aromatic carbocycles. The first-order valence-electron chi connectivity index (χ1n) is 12.9. The van der Waals surface area contributed by atoms with Crippen molar-refractivity contribution in [3.05, 3.63) is 57.3 Å². The van der Waals surface area contributed by atoms with Crippen molar-refractivity contribution in [1.29, 1.82) is 0 Å². The third kappa shape index (κ3) is 5.08. The lowest BCUT2D eigenvalue weighted by Gasteiger charge is -2.32. The van der Waals surface area contributed by atoms with Gasteiger partial charge in [-0.15, -0.1) is 0 Å². The Morgan fingerprint density at radius 3 is 2.74 bits per heavy atom. The Labute approximate surface area is 210 Å². The largest absolute Gasteiger partial charge is 0.378 e. The minimum absolute atomic E-state index is 0.116. The summed E-state index contributed by atoms with van der Waals surface area (Å²) >= 11 is 1.64. The number of fused-ring (bicyclic) bond motifs is 2. The number of nitrogens with zero attached hydrogens (tertiary/aromatic N) is 3. The third-order valence-electron chi connectivity index (χ3n) is 7.49. The van der Waals surface area contributed by atoms with Gasteiger partial charge in [0.05, 0.1) is 31.3 Å². The lowest BCUT2D eigenvalue weighted by atomic mass is 10.0. The van der Waals surface area contributed by atoms with E-state index in [0.717, 1.165) is 67.8 Å². The second-order valence-corrected chi connectivity index (χ2v) is 10.7. The van der Waals surface area contributed by atoms with Gasteiger partial charge in [-0.05, 0) is 83.8 Å². The molecule has 0 unspecified atom stereocenters. The van der Waals surface area contributed by atoms with Crippen molar-refractivity contribution < 1.29 is 14.3 Å². The summed E-state index contributed by atoms with van der Waals surface area (Å²) in [6.07, 6.45) is 6.15. The molecule has 3 aromatic rings. The second kappa shape index (κ2) is 10.2. The van der Waals surface area contributed by atoms with Gasteiger partial charge in [0.1, 0.15) is 5.82 Å². The van der Waals surface area contributed by atoms with Crippen LogP contribution in [0.4, 0.5) is 5.82 Å². The van der Waals surface area contributed by atoms with Gasteiger partial charge in [0, 0.05) is 43.7 Å². The predicted molar refractivity (Wildman–Crippen MR) is 139 cm³/mol. The summed E-state index contributed by atoms with van der Waals surface area (Å²) in [5.74, 6) is 1.15. The molecule has 2 fully saturated rings. The van der Waals surface area contributed by atoms with Crippen molar-refractivity contribution in [2.45, 2.75) is 51.2 Å². The van der Waals surface area contributed by atoms with Crippen LogP contribution >= 0.6 is 11.3 Å². The van der Waals surface area contributed by atoms with Gasteiger partial charge in [-0.1, -0.05) is 0 Å². The van der Waals surface area contributed by atoms with Crippen molar-refractivity contribution in [1.82, 2.24) is 9.88 Å². The van der Waals surface area contributed by atoms with Gasteiger partial charge in [0.2, 0.25) is 5.91 Å². The van der Waals surface area contributed by atoms with Crippen molar-refractivity contribution >= 4 is 34.0 Å². The van der Waals surface area contributed by atoms with Crippen molar-refractivity contribution in [2.75, 3.05) is 44.4 Å². The van der Waals surface area contributed by atoms with Gasteiger partial charge in [-0.25, -0.2) is 4.98 Å². The van der Waals surface area contributed by atoms with E-state index in [1.54, 1.807) is 11.3 Å². The number of aromatic nitrogens is 1. The molecular weight excluding hydrogens is 458 g/mol. The fraction of sp³-hybridized carbons (Fsp3) is 0.500. The highest BCUT2D eigenvalue weighted by Crippen LogP contribution is 2.31. The SMILES string of the molecule is O=C(Cc1ccsc1)N(Cc1cc2cc3c(cc2nc1N1CCOCC1)CCC3)C[C@H]1CCCO1. The first-order valence-corrected chi connectivity index (χ1v) is 13.9. The minimum atomic E-state index is 0.116. The molecule has 0 bridgehead atoms. The average Bonchev–Trinajstić information content (AvgIpc) is 3.66. The Bertz CT molecular complexity index is 1180. The van der Waals surface area contributed by atoms with E-state index in [1.165, 1.54) is 22.9 Å². The van der Waals surface area contributed by atoms with E-state index in [4.69, 9.17) is 14.5 Å². The van der Waals surface area contributed by atoms with Gasteiger partial charge in [0.25, 0.3) is 0 Å². The van der Waals surface area contributed by atoms with Crippen LogP contribution in [0.1, 0.15) is 41.5 Å². The van der Waals surface area contributed by atoms with Crippen LogP contribution in [-0.2, 0) is 40.1 Å². The Kier molecular flexibility index (Phi) is 6.72. The summed E-state index contributed by atoms with van der Waals surface area (Å²) in [6.45, 7) is 5.04. The first-order chi connectivity index (χ1) is 17.2. The fourth-order valence-corrected chi connectivity index (χ4v) is 6.29. The maximum Gasteiger partial charge on any atom is 0.227 e. The van der Waals surface area contributed by atoms with E-state index >= 15 is 0 Å². The quantitative estimate of drug-likeness (QED) is 0.491. The molecule has 6 rings (SSSR count). The zero-order valence-corrected chi connectivity index (χ0v) is 21.0.